The number of halogens is 1. The van der Waals surface area contributed by atoms with Gasteiger partial charge in [0.15, 0.2) is 17.4 Å². The third-order valence-electron chi connectivity index (χ3n) is 4.40. The number of amidine groups is 1. The van der Waals surface area contributed by atoms with E-state index in [1.165, 1.54) is 24.2 Å². The highest BCUT2D eigenvalue weighted by Crippen LogP contribution is 2.29. The number of fused-ring (bicyclic) bond motifs is 1. The van der Waals surface area contributed by atoms with Gasteiger partial charge < -0.3 is 9.80 Å². The van der Waals surface area contributed by atoms with E-state index in [0.29, 0.717) is 5.75 Å². The summed E-state index contributed by atoms with van der Waals surface area (Å²) in [6.45, 7) is 4.80. The topological polar surface area (TPSA) is 65.0 Å². The number of carbonyl (C=O) groups excluding carboxylic acids is 2. The van der Waals surface area contributed by atoms with Gasteiger partial charge in [-0.05, 0) is 13.3 Å². The Kier molecular flexibility index (Phi) is 7.62. The van der Waals surface area contributed by atoms with Crippen LogP contribution in [-0.4, -0.2) is 58.5 Å². The highest BCUT2D eigenvalue weighted by Gasteiger charge is 2.48. The number of likely N-dealkylation sites (N-methyl/N-ethyl adjacent to an activating group) is 1. The summed E-state index contributed by atoms with van der Waals surface area (Å²) in [6, 6.07) is -0.821. The molecular weight excluding hydrogens is 360 g/mol. The second-order valence-corrected chi connectivity index (χ2v) is 7.97. The van der Waals surface area contributed by atoms with Crippen LogP contribution in [0.3, 0.4) is 0 Å². The van der Waals surface area contributed by atoms with Gasteiger partial charge >= 0.3 is 6.03 Å². The second-order valence-electron chi connectivity index (χ2n) is 6.38. The number of allylic oxidation sites excluding steroid dienone is 1. The fraction of sp³-hybridized carbons (Fsp3) is 0.706. The third kappa shape index (κ3) is 5.14. The van der Waals surface area contributed by atoms with Crippen LogP contribution in [-0.2, 0) is 4.79 Å². The van der Waals surface area contributed by atoms with Crippen molar-refractivity contribution in [2.75, 3.05) is 19.3 Å². The lowest BCUT2D eigenvalue weighted by Gasteiger charge is -2.36. The normalized spacial score (nSPS) is 23.7. The minimum Gasteiger partial charge on any atom is -0.336 e. The Hall–Kier alpha value is -1.21. The molecule has 25 heavy (non-hydrogen) atoms. The van der Waals surface area contributed by atoms with Crippen molar-refractivity contribution in [3.05, 3.63) is 11.1 Å². The van der Waals surface area contributed by atoms with E-state index in [0.717, 1.165) is 29.6 Å². The SMILES string of the molecule is CCCCCCCN1C(SC/C=C(/C)Cl)=NC2C1C(=O)NC(=O)N2C. The first-order valence-electron chi connectivity index (χ1n) is 8.82. The van der Waals surface area contributed by atoms with Crippen LogP contribution in [0.25, 0.3) is 0 Å². The van der Waals surface area contributed by atoms with E-state index in [2.05, 4.69) is 22.1 Å². The molecular formula is C17H27ClN4O2S. The summed E-state index contributed by atoms with van der Waals surface area (Å²) in [5.74, 6) is 0.434. The van der Waals surface area contributed by atoms with Crippen LogP contribution in [0, 0.1) is 0 Å². The Morgan fingerprint density at radius 2 is 2.04 bits per heavy atom. The number of urea groups is 1. The van der Waals surface area contributed by atoms with Gasteiger partial charge in [-0.25, -0.2) is 9.79 Å². The summed E-state index contributed by atoms with van der Waals surface area (Å²) in [7, 11) is 1.68. The maximum atomic E-state index is 12.4. The Morgan fingerprint density at radius 1 is 1.32 bits per heavy atom. The predicted octanol–water partition coefficient (Wildman–Crippen LogP) is 3.38. The highest BCUT2D eigenvalue weighted by atomic mass is 35.5. The average molecular weight is 387 g/mol. The number of amides is 3. The van der Waals surface area contributed by atoms with Crippen molar-refractivity contribution in [1.82, 2.24) is 15.1 Å². The fourth-order valence-electron chi connectivity index (χ4n) is 2.97. The zero-order valence-corrected chi connectivity index (χ0v) is 16.7. The van der Waals surface area contributed by atoms with E-state index in [9.17, 15) is 9.59 Å². The minimum absolute atomic E-state index is 0.259. The van der Waals surface area contributed by atoms with Crippen LogP contribution < -0.4 is 5.32 Å². The summed E-state index contributed by atoms with van der Waals surface area (Å²) in [5.41, 5.74) is 0. The molecule has 1 N–H and O–H groups in total. The van der Waals surface area contributed by atoms with Crippen molar-refractivity contribution in [3.63, 3.8) is 0 Å². The molecule has 2 rings (SSSR count). The maximum absolute atomic E-state index is 12.4. The van der Waals surface area contributed by atoms with Crippen molar-refractivity contribution in [2.24, 2.45) is 4.99 Å². The molecule has 2 unspecified atom stereocenters. The van der Waals surface area contributed by atoms with Crippen LogP contribution in [0.1, 0.15) is 46.0 Å². The second kappa shape index (κ2) is 9.48. The summed E-state index contributed by atoms with van der Waals surface area (Å²) in [6.07, 6.45) is 7.27. The Bertz CT molecular complexity index is 563. The molecule has 2 atom stereocenters. The molecule has 140 valence electrons. The van der Waals surface area contributed by atoms with E-state index in [1.54, 1.807) is 18.8 Å². The molecule has 2 heterocycles. The van der Waals surface area contributed by atoms with E-state index in [1.807, 2.05) is 13.0 Å². The molecule has 0 bridgehead atoms. The fourth-order valence-corrected chi connectivity index (χ4v) is 4.18. The van der Waals surface area contributed by atoms with Gasteiger partial charge in [0.25, 0.3) is 5.91 Å². The van der Waals surface area contributed by atoms with Gasteiger partial charge in [0.2, 0.25) is 0 Å². The number of hydrogen-bond donors (Lipinski definition) is 1. The number of carbonyl (C=O) groups is 2. The van der Waals surface area contributed by atoms with Gasteiger partial charge in [-0.15, -0.1) is 0 Å². The first-order valence-corrected chi connectivity index (χ1v) is 10.2. The lowest BCUT2D eigenvalue weighted by molar-refractivity contribution is -0.127. The number of thioether (sulfide) groups is 1. The first kappa shape index (κ1) is 20.1. The van der Waals surface area contributed by atoms with Gasteiger partial charge in [-0.2, -0.15) is 0 Å². The van der Waals surface area contributed by atoms with Gasteiger partial charge in [-0.3, -0.25) is 10.1 Å². The van der Waals surface area contributed by atoms with Gasteiger partial charge in [0.05, 0.1) is 0 Å². The van der Waals surface area contributed by atoms with Crippen LogP contribution in [0.15, 0.2) is 16.1 Å². The number of unbranched alkanes of at least 4 members (excludes halogenated alkanes) is 4. The Morgan fingerprint density at radius 3 is 2.72 bits per heavy atom. The number of imide groups is 1. The maximum Gasteiger partial charge on any atom is 0.325 e. The summed E-state index contributed by atoms with van der Waals surface area (Å²) >= 11 is 7.45. The molecule has 1 saturated heterocycles. The van der Waals surface area contributed by atoms with Crippen LogP contribution in [0.2, 0.25) is 0 Å². The molecule has 6 nitrogen and oxygen atoms in total. The lowest BCUT2D eigenvalue weighted by atomic mass is 10.1. The Balaban J connectivity index is 2.07. The van der Waals surface area contributed by atoms with Crippen LogP contribution in [0.5, 0.6) is 0 Å². The van der Waals surface area contributed by atoms with Gasteiger partial charge in [0.1, 0.15) is 0 Å². The van der Waals surface area contributed by atoms with Crippen LogP contribution >= 0.6 is 23.4 Å². The zero-order valence-electron chi connectivity index (χ0n) is 15.1. The van der Waals surface area contributed by atoms with Gasteiger partial charge in [-0.1, -0.05) is 62.0 Å². The summed E-state index contributed by atoms with van der Waals surface area (Å²) in [5, 5.41) is 3.98. The van der Waals surface area contributed by atoms with E-state index < -0.39 is 12.2 Å². The Labute approximate surface area is 159 Å². The number of nitrogens with one attached hydrogen (secondary N) is 1. The van der Waals surface area contributed by atoms with E-state index in [-0.39, 0.29) is 11.9 Å². The van der Waals surface area contributed by atoms with Crippen molar-refractivity contribution in [3.8, 4) is 0 Å². The summed E-state index contributed by atoms with van der Waals surface area (Å²) < 4.78 is 0. The molecule has 0 radical (unpaired) electrons. The zero-order chi connectivity index (χ0) is 18.4. The predicted molar refractivity (Wildman–Crippen MR) is 104 cm³/mol. The average Bonchev–Trinajstić information content (AvgIpc) is 2.91. The standard InChI is InChI=1S/C17H27ClN4O2S/c1-4-5-6-7-8-10-22-13-14(21(3)16(24)20-15(13)23)19-17(22)25-11-9-12(2)18/h9,13-14H,4-8,10-11H2,1-3H3,(H,20,23,24)/b12-9-. The van der Waals surface area contributed by atoms with Crippen molar-refractivity contribution in [1.29, 1.82) is 0 Å². The first-order chi connectivity index (χ1) is 12.0. The largest absolute Gasteiger partial charge is 0.336 e. The highest BCUT2D eigenvalue weighted by molar-refractivity contribution is 8.13. The van der Waals surface area contributed by atoms with Crippen LogP contribution in [0.4, 0.5) is 4.79 Å². The van der Waals surface area contributed by atoms with Gasteiger partial charge in [0, 0.05) is 24.4 Å². The molecule has 0 aromatic carbocycles. The molecule has 0 saturated carbocycles. The molecule has 0 aromatic rings. The molecule has 3 amide bonds. The number of hydrogen-bond acceptors (Lipinski definition) is 5. The number of aliphatic imine (C=N–C) groups is 1. The number of rotatable bonds is 8. The molecule has 1 fully saturated rings. The lowest BCUT2D eigenvalue weighted by Crippen LogP contribution is -2.63. The summed E-state index contributed by atoms with van der Waals surface area (Å²) in [4.78, 5) is 32.5. The molecule has 0 aromatic heterocycles. The van der Waals surface area contributed by atoms with Crippen molar-refractivity contribution in [2.45, 2.75) is 58.2 Å². The van der Waals surface area contributed by atoms with Crippen molar-refractivity contribution < 1.29 is 9.59 Å². The monoisotopic (exact) mass is 386 g/mol. The smallest absolute Gasteiger partial charge is 0.325 e. The molecule has 2 aliphatic heterocycles. The van der Waals surface area contributed by atoms with Crippen molar-refractivity contribution >= 4 is 40.5 Å². The molecule has 0 aliphatic carbocycles. The number of nitrogens with zero attached hydrogens (tertiary/aromatic N) is 3. The minimum atomic E-state index is -0.444. The quantitative estimate of drug-likeness (QED) is 0.649. The third-order valence-corrected chi connectivity index (χ3v) is 5.49. The molecule has 2 aliphatic rings. The van der Waals surface area contributed by atoms with E-state index >= 15 is 0 Å². The molecule has 0 spiro atoms. The van der Waals surface area contributed by atoms with E-state index in [4.69, 9.17) is 11.6 Å². The molecule has 8 heteroatoms.